The number of methoxy groups -OCH3 is 1. The van der Waals surface area contributed by atoms with Gasteiger partial charge in [0.05, 0.1) is 18.2 Å². The smallest absolute Gasteiger partial charge is 0.238 e. The van der Waals surface area contributed by atoms with Gasteiger partial charge in [-0.25, -0.2) is 13.2 Å². The average Bonchev–Trinajstić information content (AvgIpc) is 4.04. The number of Topliss-reactive ketones (excluding diaryl/α,β-unsaturated/α-hetero) is 1. The third-order valence-electron chi connectivity index (χ3n) is 9.96. The van der Waals surface area contributed by atoms with Crippen molar-refractivity contribution >= 4 is 28.3 Å². The van der Waals surface area contributed by atoms with Crippen LogP contribution in [-0.4, -0.2) is 42.0 Å². The molecule has 1 heterocycles. The lowest BCUT2D eigenvalue weighted by Gasteiger charge is -2.28. The van der Waals surface area contributed by atoms with Crippen molar-refractivity contribution < 1.29 is 37.0 Å². The van der Waals surface area contributed by atoms with Gasteiger partial charge >= 0.3 is 0 Å². The topological polar surface area (TPSA) is 98.8 Å². The Kier molecular flexibility index (Phi) is 8.96. The molecule has 0 unspecified atom stereocenters. The number of hydrogen-bond acceptors (Lipinski definition) is 7. The number of ether oxygens (including phenoxy) is 3. The molecule has 2 N–H and O–H groups in total. The van der Waals surface area contributed by atoms with Crippen LogP contribution < -0.4 is 24.8 Å². The standard InChI is InChI=1S/C38H38F3N3O5/c1-47-33-20-27-31(21-34(33)48-22-37(12-13-37)44-24-5-3-2-4-6-24)42-16-11-32(27)49-26-9-7-23(29(40)19-26)17-35(45)38(14-15-38)36(46)43-25-8-10-28(39)30(41)18-25/h7-11,16,18-21,24,44H,2-6,12-15,17,22H2,1H3,(H,43,46). The molecule has 1 amide bonds. The van der Waals surface area contributed by atoms with E-state index in [2.05, 4.69) is 15.6 Å². The Morgan fingerprint density at radius 2 is 1.65 bits per heavy atom. The minimum atomic E-state index is -1.34. The summed E-state index contributed by atoms with van der Waals surface area (Å²) in [6, 6.07) is 13.0. The van der Waals surface area contributed by atoms with E-state index >= 15 is 4.39 Å². The number of hydrogen-bond donors (Lipinski definition) is 2. The number of nitrogens with one attached hydrogen (secondary N) is 2. The summed E-state index contributed by atoms with van der Waals surface area (Å²) in [5, 5.41) is 6.97. The van der Waals surface area contributed by atoms with Crippen molar-refractivity contribution in [1.29, 1.82) is 0 Å². The fraction of sp³-hybridized carbons (Fsp3) is 0.395. The van der Waals surface area contributed by atoms with Crippen molar-refractivity contribution in [2.75, 3.05) is 19.0 Å². The zero-order chi connectivity index (χ0) is 34.2. The van der Waals surface area contributed by atoms with E-state index in [1.165, 1.54) is 50.3 Å². The van der Waals surface area contributed by atoms with E-state index in [1.807, 2.05) is 6.07 Å². The molecule has 256 valence electrons. The number of benzene rings is 3. The fourth-order valence-electron chi connectivity index (χ4n) is 6.65. The van der Waals surface area contributed by atoms with Crippen LogP contribution in [0.25, 0.3) is 10.9 Å². The molecule has 3 aliphatic carbocycles. The van der Waals surface area contributed by atoms with Crippen LogP contribution in [0.3, 0.4) is 0 Å². The Morgan fingerprint density at radius 1 is 0.857 bits per heavy atom. The van der Waals surface area contributed by atoms with Crippen LogP contribution in [0.1, 0.15) is 63.4 Å². The lowest BCUT2D eigenvalue weighted by molar-refractivity contribution is -0.132. The molecule has 7 rings (SSSR count). The van der Waals surface area contributed by atoms with E-state index in [-0.39, 0.29) is 41.8 Å². The molecule has 0 atom stereocenters. The maximum atomic E-state index is 15.3. The van der Waals surface area contributed by atoms with Crippen molar-refractivity contribution in [1.82, 2.24) is 10.3 Å². The van der Waals surface area contributed by atoms with Crippen molar-refractivity contribution in [3.05, 3.63) is 83.8 Å². The summed E-state index contributed by atoms with van der Waals surface area (Å²) in [6.45, 7) is 0.537. The van der Waals surface area contributed by atoms with Gasteiger partial charge in [0.2, 0.25) is 5.91 Å². The molecule has 3 saturated carbocycles. The minimum Gasteiger partial charge on any atom is -0.493 e. The second kappa shape index (κ2) is 13.3. The number of carbonyl (C=O) groups is 2. The second-order valence-electron chi connectivity index (χ2n) is 13.5. The van der Waals surface area contributed by atoms with Gasteiger partial charge in [-0.15, -0.1) is 0 Å². The van der Waals surface area contributed by atoms with Gasteiger partial charge < -0.3 is 24.8 Å². The highest BCUT2D eigenvalue weighted by Gasteiger charge is 2.55. The zero-order valence-electron chi connectivity index (χ0n) is 27.3. The van der Waals surface area contributed by atoms with Crippen molar-refractivity contribution in [2.45, 2.75) is 75.8 Å². The number of fused-ring (bicyclic) bond motifs is 1. The molecule has 3 aromatic carbocycles. The van der Waals surface area contributed by atoms with Gasteiger partial charge in [-0.2, -0.15) is 0 Å². The number of aromatic nitrogens is 1. The van der Waals surface area contributed by atoms with E-state index in [9.17, 15) is 18.4 Å². The quantitative estimate of drug-likeness (QED) is 0.140. The summed E-state index contributed by atoms with van der Waals surface area (Å²) in [6.07, 6.45) is 10.3. The minimum absolute atomic E-state index is 0.00241. The molecule has 11 heteroatoms. The van der Waals surface area contributed by atoms with Gasteiger partial charge in [0.1, 0.15) is 29.3 Å². The molecule has 0 aliphatic heterocycles. The summed E-state index contributed by atoms with van der Waals surface area (Å²) < 4.78 is 60.3. The van der Waals surface area contributed by atoms with Crippen LogP contribution in [0, 0.1) is 22.9 Å². The zero-order valence-corrected chi connectivity index (χ0v) is 27.3. The lowest BCUT2D eigenvalue weighted by Crippen LogP contribution is -2.44. The van der Waals surface area contributed by atoms with Crippen LogP contribution in [0.5, 0.6) is 23.0 Å². The summed E-state index contributed by atoms with van der Waals surface area (Å²) in [4.78, 5) is 30.6. The van der Waals surface area contributed by atoms with Crippen LogP contribution in [0.2, 0.25) is 0 Å². The van der Waals surface area contributed by atoms with E-state index in [0.717, 1.165) is 25.0 Å². The maximum Gasteiger partial charge on any atom is 0.238 e. The Labute approximate surface area is 282 Å². The predicted molar refractivity (Wildman–Crippen MR) is 178 cm³/mol. The normalized spacial score (nSPS) is 17.7. The van der Waals surface area contributed by atoms with E-state index in [4.69, 9.17) is 14.2 Å². The number of rotatable bonds is 13. The van der Waals surface area contributed by atoms with Crippen molar-refractivity contribution in [2.24, 2.45) is 5.41 Å². The highest BCUT2D eigenvalue weighted by atomic mass is 19.2. The van der Waals surface area contributed by atoms with Crippen molar-refractivity contribution in [3.63, 3.8) is 0 Å². The van der Waals surface area contributed by atoms with Crippen LogP contribution in [-0.2, 0) is 16.0 Å². The first-order valence-electron chi connectivity index (χ1n) is 16.8. The van der Waals surface area contributed by atoms with Gasteiger partial charge in [0, 0.05) is 47.9 Å². The molecule has 8 nitrogen and oxygen atoms in total. The highest BCUT2D eigenvalue weighted by Crippen LogP contribution is 2.48. The van der Waals surface area contributed by atoms with Crippen LogP contribution in [0.15, 0.2) is 60.8 Å². The second-order valence-corrected chi connectivity index (χ2v) is 13.5. The number of anilines is 1. The lowest BCUT2D eigenvalue weighted by atomic mass is 9.93. The molecule has 3 aliphatic rings. The number of halogens is 3. The number of amides is 1. The van der Waals surface area contributed by atoms with Crippen LogP contribution in [0.4, 0.5) is 18.9 Å². The molecular weight excluding hydrogens is 635 g/mol. The van der Waals surface area contributed by atoms with Gasteiger partial charge in [0.15, 0.2) is 28.9 Å². The van der Waals surface area contributed by atoms with E-state index < -0.39 is 34.6 Å². The Bertz CT molecular complexity index is 1900. The number of ketones is 1. The SMILES string of the molecule is COc1cc2c(Oc3ccc(CC(=O)C4(C(=O)Nc5ccc(F)c(F)c5)CC4)c(F)c3)ccnc2cc1OCC1(NC2CCCCC2)CC1. The number of pyridine rings is 1. The monoisotopic (exact) mass is 673 g/mol. The van der Waals surface area contributed by atoms with Gasteiger partial charge in [-0.1, -0.05) is 25.3 Å². The summed E-state index contributed by atoms with van der Waals surface area (Å²) in [5.74, 6) is -2.15. The first-order valence-corrected chi connectivity index (χ1v) is 16.8. The molecule has 3 fully saturated rings. The molecule has 0 spiro atoms. The van der Waals surface area contributed by atoms with E-state index in [1.54, 1.807) is 31.5 Å². The summed E-state index contributed by atoms with van der Waals surface area (Å²) >= 11 is 0. The van der Waals surface area contributed by atoms with Crippen molar-refractivity contribution in [3.8, 4) is 23.0 Å². The Morgan fingerprint density at radius 3 is 2.35 bits per heavy atom. The summed E-state index contributed by atoms with van der Waals surface area (Å²) in [7, 11) is 1.57. The average molecular weight is 674 g/mol. The van der Waals surface area contributed by atoms with Crippen LogP contribution >= 0.6 is 0 Å². The molecule has 0 bridgehead atoms. The third-order valence-corrected chi connectivity index (χ3v) is 9.96. The Balaban J connectivity index is 1.01. The largest absolute Gasteiger partial charge is 0.493 e. The molecule has 0 saturated heterocycles. The maximum absolute atomic E-state index is 15.3. The molecule has 1 aromatic heterocycles. The first kappa shape index (κ1) is 32.9. The predicted octanol–water partition coefficient (Wildman–Crippen LogP) is 7.82. The molecule has 49 heavy (non-hydrogen) atoms. The molecule has 4 aromatic rings. The van der Waals surface area contributed by atoms with E-state index in [0.29, 0.717) is 40.8 Å². The highest BCUT2D eigenvalue weighted by molar-refractivity contribution is 6.14. The summed E-state index contributed by atoms with van der Waals surface area (Å²) in [5.41, 5.74) is -0.571. The van der Waals surface area contributed by atoms with Gasteiger partial charge in [0.25, 0.3) is 0 Å². The molecular formula is C38H38F3N3O5. The molecule has 0 radical (unpaired) electrons. The number of carbonyl (C=O) groups excluding carboxylic acids is 2. The van der Waals surface area contributed by atoms with Gasteiger partial charge in [-0.05, 0) is 74.4 Å². The van der Waals surface area contributed by atoms with Gasteiger partial charge in [-0.3, -0.25) is 14.6 Å². The first-order chi connectivity index (χ1) is 23.7. The Hall–Kier alpha value is -4.64. The fourth-order valence-corrected chi connectivity index (χ4v) is 6.65. The third kappa shape index (κ3) is 7.08. The number of nitrogens with zero attached hydrogens (tertiary/aromatic N) is 1.